The smallest absolute Gasteiger partial charge is 0.166 e. The van der Waals surface area contributed by atoms with Gasteiger partial charge in [-0.15, -0.1) is 0 Å². The van der Waals surface area contributed by atoms with Gasteiger partial charge in [0.15, 0.2) is 11.5 Å². The Hall–Kier alpha value is -2.00. The number of ether oxygens (including phenoxy) is 2. The van der Waals surface area contributed by atoms with Crippen molar-refractivity contribution in [1.82, 2.24) is 5.32 Å². The summed E-state index contributed by atoms with van der Waals surface area (Å²) in [6, 6.07) is 17.0. The van der Waals surface area contributed by atoms with Crippen LogP contribution in [0, 0.1) is 5.92 Å². The molecule has 25 heavy (non-hydrogen) atoms. The van der Waals surface area contributed by atoms with Crippen LogP contribution >= 0.6 is 0 Å². The maximum absolute atomic E-state index is 6.14. The largest absolute Gasteiger partial charge is 0.493 e. The van der Waals surface area contributed by atoms with Crippen LogP contribution in [0.25, 0.3) is 0 Å². The normalized spacial score (nSPS) is 20.2. The van der Waals surface area contributed by atoms with Gasteiger partial charge in [-0.3, -0.25) is 0 Å². The second kappa shape index (κ2) is 8.91. The van der Waals surface area contributed by atoms with Crippen LogP contribution < -0.4 is 14.8 Å². The molecule has 1 aliphatic carbocycles. The number of rotatable bonds is 7. The molecule has 3 rings (SSSR count). The second-order valence-corrected chi connectivity index (χ2v) is 7.07. The van der Waals surface area contributed by atoms with Crippen LogP contribution in [0.15, 0.2) is 48.5 Å². The van der Waals surface area contributed by atoms with Crippen molar-refractivity contribution in [1.29, 1.82) is 0 Å². The highest BCUT2D eigenvalue weighted by Gasteiger charge is 2.19. The highest BCUT2D eigenvalue weighted by Crippen LogP contribution is 2.32. The van der Waals surface area contributed by atoms with Gasteiger partial charge in [0, 0.05) is 18.2 Å². The van der Waals surface area contributed by atoms with Gasteiger partial charge in [0.25, 0.3) is 0 Å². The minimum absolute atomic E-state index is 0.550. The molecule has 1 saturated carbocycles. The molecule has 0 spiro atoms. The first-order chi connectivity index (χ1) is 12.3. The van der Waals surface area contributed by atoms with Crippen molar-refractivity contribution >= 4 is 0 Å². The van der Waals surface area contributed by atoms with Crippen LogP contribution in [0.5, 0.6) is 11.5 Å². The van der Waals surface area contributed by atoms with Gasteiger partial charge < -0.3 is 14.8 Å². The molecule has 2 aromatic carbocycles. The predicted molar refractivity (Wildman–Crippen MR) is 102 cm³/mol. The van der Waals surface area contributed by atoms with E-state index in [0.29, 0.717) is 12.6 Å². The molecule has 2 unspecified atom stereocenters. The Morgan fingerprint density at radius 2 is 1.88 bits per heavy atom. The standard InChI is InChI=1S/C22H29NO2/c1-17-8-6-12-20(14-17)23-15-19-11-7-13-21(24-2)22(19)25-16-18-9-4-3-5-10-18/h3-5,7,9-11,13,17,20,23H,6,8,12,14-16H2,1-2H3. The van der Waals surface area contributed by atoms with E-state index in [4.69, 9.17) is 9.47 Å². The third kappa shape index (κ3) is 4.99. The Balaban J connectivity index is 1.67. The molecule has 0 amide bonds. The first-order valence-corrected chi connectivity index (χ1v) is 9.32. The van der Waals surface area contributed by atoms with Crippen LogP contribution in [-0.2, 0) is 13.2 Å². The fourth-order valence-electron chi connectivity index (χ4n) is 3.63. The molecular formula is C22H29NO2. The van der Waals surface area contributed by atoms with Crippen molar-refractivity contribution in [3.8, 4) is 11.5 Å². The summed E-state index contributed by atoms with van der Waals surface area (Å²) in [6.45, 7) is 3.72. The number of nitrogens with one attached hydrogen (secondary N) is 1. The summed E-state index contributed by atoms with van der Waals surface area (Å²) in [6.07, 6.45) is 5.23. The van der Waals surface area contributed by atoms with Crippen LogP contribution in [0.2, 0.25) is 0 Å². The molecule has 0 radical (unpaired) electrons. The van der Waals surface area contributed by atoms with E-state index in [9.17, 15) is 0 Å². The first kappa shape index (κ1) is 17.8. The summed E-state index contributed by atoms with van der Waals surface area (Å²) >= 11 is 0. The molecule has 0 heterocycles. The van der Waals surface area contributed by atoms with Gasteiger partial charge in [-0.2, -0.15) is 0 Å². The zero-order valence-electron chi connectivity index (χ0n) is 15.3. The Morgan fingerprint density at radius 1 is 1.04 bits per heavy atom. The van der Waals surface area contributed by atoms with Crippen molar-refractivity contribution in [3.05, 3.63) is 59.7 Å². The SMILES string of the molecule is COc1cccc(CNC2CCCC(C)C2)c1OCc1ccccc1. The summed E-state index contributed by atoms with van der Waals surface area (Å²) < 4.78 is 11.7. The van der Waals surface area contributed by atoms with Gasteiger partial charge in [-0.05, 0) is 30.4 Å². The maximum Gasteiger partial charge on any atom is 0.166 e. The first-order valence-electron chi connectivity index (χ1n) is 9.32. The van der Waals surface area contributed by atoms with Crippen molar-refractivity contribution in [3.63, 3.8) is 0 Å². The summed E-state index contributed by atoms with van der Waals surface area (Å²) in [7, 11) is 1.70. The van der Waals surface area contributed by atoms with Crippen LogP contribution in [0.1, 0.15) is 43.7 Å². The van der Waals surface area contributed by atoms with Crippen LogP contribution in [0.4, 0.5) is 0 Å². The molecule has 0 saturated heterocycles. The number of methoxy groups -OCH3 is 1. The predicted octanol–water partition coefficient (Wildman–Crippen LogP) is 4.94. The van der Waals surface area contributed by atoms with Crippen LogP contribution in [-0.4, -0.2) is 13.2 Å². The average Bonchev–Trinajstić information content (AvgIpc) is 2.65. The number of hydrogen-bond donors (Lipinski definition) is 1. The molecule has 1 N–H and O–H groups in total. The average molecular weight is 339 g/mol. The molecule has 3 heteroatoms. The van der Waals surface area contributed by atoms with Gasteiger partial charge in [0.05, 0.1) is 7.11 Å². The second-order valence-electron chi connectivity index (χ2n) is 7.07. The quantitative estimate of drug-likeness (QED) is 0.775. The summed E-state index contributed by atoms with van der Waals surface area (Å²) in [5.41, 5.74) is 2.32. The number of hydrogen-bond acceptors (Lipinski definition) is 3. The topological polar surface area (TPSA) is 30.5 Å². The maximum atomic E-state index is 6.14. The Labute approximate surface area is 151 Å². The van der Waals surface area contributed by atoms with E-state index in [1.807, 2.05) is 30.3 Å². The molecule has 134 valence electrons. The van der Waals surface area contributed by atoms with Crippen molar-refractivity contribution < 1.29 is 9.47 Å². The number of benzene rings is 2. The monoisotopic (exact) mass is 339 g/mol. The fraction of sp³-hybridized carbons (Fsp3) is 0.455. The minimum atomic E-state index is 0.550. The zero-order valence-corrected chi connectivity index (χ0v) is 15.3. The molecule has 0 bridgehead atoms. The lowest BCUT2D eigenvalue weighted by molar-refractivity contribution is 0.275. The Bertz CT molecular complexity index is 656. The molecule has 2 aromatic rings. The number of para-hydroxylation sites is 1. The van der Waals surface area contributed by atoms with E-state index in [1.165, 1.54) is 25.7 Å². The van der Waals surface area contributed by atoms with Gasteiger partial charge in [0.2, 0.25) is 0 Å². The molecule has 0 aromatic heterocycles. The van der Waals surface area contributed by atoms with Gasteiger partial charge >= 0.3 is 0 Å². The van der Waals surface area contributed by atoms with E-state index in [1.54, 1.807) is 7.11 Å². The summed E-state index contributed by atoms with van der Waals surface area (Å²) in [4.78, 5) is 0. The lowest BCUT2D eigenvalue weighted by atomic mass is 9.87. The highest BCUT2D eigenvalue weighted by atomic mass is 16.5. The molecule has 3 nitrogen and oxygen atoms in total. The summed E-state index contributed by atoms with van der Waals surface area (Å²) in [5, 5.41) is 3.72. The molecular weight excluding hydrogens is 310 g/mol. The van der Waals surface area contributed by atoms with Crippen molar-refractivity contribution in [2.45, 2.75) is 51.8 Å². The Morgan fingerprint density at radius 3 is 2.64 bits per heavy atom. The highest BCUT2D eigenvalue weighted by molar-refractivity contribution is 5.46. The van der Waals surface area contributed by atoms with Crippen molar-refractivity contribution in [2.24, 2.45) is 5.92 Å². The summed E-state index contributed by atoms with van der Waals surface area (Å²) in [5.74, 6) is 2.47. The lowest BCUT2D eigenvalue weighted by Crippen LogP contribution is -2.33. The fourth-order valence-corrected chi connectivity index (χ4v) is 3.63. The lowest BCUT2D eigenvalue weighted by Gasteiger charge is -2.28. The van der Waals surface area contributed by atoms with E-state index in [0.717, 1.165) is 35.1 Å². The van der Waals surface area contributed by atoms with E-state index in [2.05, 4.69) is 30.4 Å². The molecule has 1 fully saturated rings. The van der Waals surface area contributed by atoms with Crippen molar-refractivity contribution in [2.75, 3.05) is 7.11 Å². The van der Waals surface area contributed by atoms with Crippen LogP contribution in [0.3, 0.4) is 0 Å². The van der Waals surface area contributed by atoms with E-state index >= 15 is 0 Å². The van der Waals surface area contributed by atoms with E-state index in [-0.39, 0.29) is 0 Å². The van der Waals surface area contributed by atoms with Gasteiger partial charge in [-0.25, -0.2) is 0 Å². The third-order valence-electron chi connectivity index (χ3n) is 5.02. The minimum Gasteiger partial charge on any atom is -0.493 e. The van der Waals surface area contributed by atoms with Gasteiger partial charge in [0.1, 0.15) is 6.61 Å². The molecule has 0 aliphatic heterocycles. The molecule has 2 atom stereocenters. The van der Waals surface area contributed by atoms with E-state index < -0.39 is 0 Å². The van der Waals surface area contributed by atoms with Gasteiger partial charge in [-0.1, -0.05) is 62.2 Å². The molecule has 1 aliphatic rings. The Kier molecular flexibility index (Phi) is 6.35. The third-order valence-corrected chi connectivity index (χ3v) is 5.02. The zero-order chi connectivity index (χ0) is 17.5.